The van der Waals surface area contributed by atoms with E-state index in [9.17, 15) is 4.79 Å². The molecular weight excluding hydrogens is 274 g/mol. The molecule has 0 spiro atoms. The second kappa shape index (κ2) is 6.16. The summed E-state index contributed by atoms with van der Waals surface area (Å²) in [5.74, 6) is 0. The fourth-order valence-electron chi connectivity index (χ4n) is 2.71. The minimum absolute atomic E-state index is 0.292. The lowest BCUT2D eigenvalue weighted by Gasteiger charge is -2.17. The van der Waals surface area contributed by atoms with E-state index < -0.39 is 0 Å². The smallest absolute Gasteiger partial charge is 0.336 e. The molecule has 3 rings (SSSR count). The van der Waals surface area contributed by atoms with Crippen LogP contribution in [0.4, 0.5) is 0 Å². The fraction of sp³-hybridized carbons (Fsp3) is 0.211. The second-order valence-corrected chi connectivity index (χ2v) is 5.75. The lowest BCUT2D eigenvalue weighted by atomic mass is 10.1. The van der Waals surface area contributed by atoms with E-state index in [0.717, 1.165) is 23.1 Å². The van der Waals surface area contributed by atoms with Crippen LogP contribution in [0.3, 0.4) is 0 Å². The van der Waals surface area contributed by atoms with Crippen LogP contribution >= 0.6 is 0 Å². The summed E-state index contributed by atoms with van der Waals surface area (Å²) in [7, 11) is 2.06. The average molecular weight is 293 g/mol. The van der Waals surface area contributed by atoms with E-state index in [1.165, 1.54) is 5.56 Å². The van der Waals surface area contributed by atoms with Gasteiger partial charge in [-0.1, -0.05) is 42.0 Å². The Morgan fingerprint density at radius 1 is 1.00 bits per heavy atom. The van der Waals surface area contributed by atoms with Crippen molar-refractivity contribution in [2.24, 2.45) is 0 Å². The SMILES string of the molecule is Cc1ccc2oc(=O)cc(CN(C)Cc3ccccc3)c2c1. The Hall–Kier alpha value is -2.39. The number of rotatable bonds is 4. The van der Waals surface area contributed by atoms with Crippen LogP contribution in [0.5, 0.6) is 0 Å². The number of hydrogen-bond donors (Lipinski definition) is 0. The van der Waals surface area contributed by atoms with Crippen molar-refractivity contribution in [2.75, 3.05) is 7.05 Å². The molecule has 1 heterocycles. The van der Waals surface area contributed by atoms with Crippen molar-refractivity contribution < 1.29 is 4.42 Å². The number of benzene rings is 2. The van der Waals surface area contributed by atoms with E-state index >= 15 is 0 Å². The Morgan fingerprint density at radius 2 is 1.77 bits per heavy atom. The second-order valence-electron chi connectivity index (χ2n) is 5.75. The first-order chi connectivity index (χ1) is 10.6. The number of aryl methyl sites for hydroxylation is 1. The molecule has 0 amide bonds. The van der Waals surface area contributed by atoms with Gasteiger partial charge in [-0.15, -0.1) is 0 Å². The minimum Gasteiger partial charge on any atom is -0.423 e. The molecule has 0 aliphatic heterocycles. The average Bonchev–Trinajstić information content (AvgIpc) is 2.49. The predicted octanol–water partition coefficient (Wildman–Crippen LogP) is 3.73. The predicted molar refractivity (Wildman–Crippen MR) is 88.8 cm³/mol. The van der Waals surface area contributed by atoms with Gasteiger partial charge in [0.25, 0.3) is 0 Å². The van der Waals surface area contributed by atoms with Gasteiger partial charge in [-0.3, -0.25) is 4.90 Å². The Bertz CT molecular complexity index is 837. The van der Waals surface area contributed by atoms with Gasteiger partial charge >= 0.3 is 5.63 Å². The van der Waals surface area contributed by atoms with Crippen LogP contribution in [0.15, 0.2) is 63.8 Å². The zero-order valence-electron chi connectivity index (χ0n) is 12.9. The first-order valence-electron chi connectivity index (χ1n) is 7.38. The van der Waals surface area contributed by atoms with Gasteiger partial charge in [0.05, 0.1) is 0 Å². The standard InChI is InChI=1S/C19H19NO2/c1-14-8-9-18-17(10-14)16(11-19(21)22-18)13-20(2)12-15-6-4-3-5-7-15/h3-11H,12-13H2,1-2H3. The molecule has 0 N–H and O–H groups in total. The summed E-state index contributed by atoms with van der Waals surface area (Å²) >= 11 is 0. The van der Waals surface area contributed by atoms with E-state index in [0.29, 0.717) is 12.1 Å². The molecule has 22 heavy (non-hydrogen) atoms. The molecule has 0 aliphatic carbocycles. The van der Waals surface area contributed by atoms with Gasteiger partial charge in [0.15, 0.2) is 0 Å². The molecule has 0 saturated heterocycles. The number of nitrogens with zero attached hydrogens (tertiary/aromatic N) is 1. The Kier molecular flexibility index (Phi) is 4.07. The van der Waals surface area contributed by atoms with E-state index in [2.05, 4.69) is 30.1 Å². The lowest BCUT2D eigenvalue weighted by molar-refractivity contribution is 0.319. The minimum atomic E-state index is -0.292. The maximum atomic E-state index is 11.7. The van der Waals surface area contributed by atoms with E-state index in [1.54, 1.807) is 6.07 Å². The van der Waals surface area contributed by atoms with Crippen LogP contribution in [-0.4, -0.2) is 11.9 Å². The highest BCUT2D eigenvalue weighted by Gasteiger charge is 2.09. The summed E-state index contributed by atoms with van der Waals surface area (Å²) in [5.41, 5.74) is 3.79. The van der Waals surface area contributed by atoms with Crippen LogP contribution in [0.2, 0.25) is 0 Å². The Balaban J connectivity index is 1.89. The summed E-state index contributed by atoms with van der Waals surface area (Å²) in [4.78, 5) is 13.9. The highest BCUT2D eigenvalue weighted by Crippen LogP contribution is 2.20. The number of fused-ring (bicyclic) bond motifs is 1. The molecule has 0 radical (unpaired) electrons. The molecular formula is C19H19NO2. The molecule has 3 nitrogen and oxygen atoms in total. The van der Waals surface area contributed by atoms with E-state index in [-0.39, 0.29) is 5.63 Å². The third kappa shape index (κ3) is 3.26. The van der Waals surface area contributed by atoms with Crippen molar-refractivity contribution in [1.29, 1.82) is 0 Å². The molecule has 0 saturated carbocycles. The zero-order chi connectivity index (χ0) is 15.5. The monoisotopic (exact) mass is 293 g/mol. The maximum absolute atomic E-state index is 11.7. The molecule has 2 aromatic carbocycles. The van der Waals surface area contributed by atoms with Crippen LogP contribution in [0.25, 0.3) is 11.0 Å². The van der Waals surface area contributed by atoms with Gasteiger partial charge in [0, 0.05) is 24.5 Å². The van der Waals surface area contributed by atoms with Crippen molar-refractivity contribution in [3.63, 3.8) is 0 Å². The van der Waals surface area contributed by atoms with Gasteiger partial charge in [0.2, 0.25) is 0 Å². The number of hydrogen-bond acceptors (Lipinski definition) is 3. The molecule has 0 fully saturated rings. The molecule has 112 valence electrons. The third-order valence-electron chi connectivity index (χ3n) is 3.72. The molecule has 0 atom stereocenters. The van der Waals surface area contributed by atoms with Crippen molar-refractivity contribution in [3.8, 4) is 0 Å². The van der Waals surface area contributed by atoms with Gasteiger partial charge in [-0.2, -0.15) is 0 Å². The fourth-order valence-corrected chi connectivity index (χ4v) is 2.71. The Labute approximate surface area is 129 Å². The normalized spacial score (nSPS) is 11.2. The molecule has 0 bridgehead atoms. The largest absolute Gasteiger partial charge is 0.423 e. The Morgan fingerprint density at radius 3 is 2.55 bits per heavy atom. The van der Waals surface area contributed by atoms with Crippen LogP contribution in [0, 0.1) is 6.92 Å². The first kappa shape index (κ1) is 14.5. The van der Waals surface area contributed by atoms with Crippen molar-refractivity contribution in [3.05, 3.63) is 81.7 Å². The third-order valence-corrected chi connectivity index (χ3v) is 3.72. The van der Waals surface area contributed by atoms with E-state index in [1.807, 2.05) is 37.3 Å². The topological polar surface area (TPSA) is 33.5 Å². The van der Waals surface area contributed by atoms with Gasteiger partial charge in [-0.05, 0) is 37.2 Å². The first-order valence-corrected chi connectivity index (χ1v) is 7.38. The lowest BCUT2D eigenvalue weighted by Crippen LogP contribution is -2.18. The van der Waals surface area contributed by atoms with Crippen LogP contribution in [0.1, 0.15) is 16.7 Å². The van der Waals surface area contributed by atoms with E-state index in [4.69, 9.17) is 4.42 Å². The van der Waals surface area contributed by atoms with Gasteiger partial charge < -0.3 is 4.42 Å². The quantitative estimate of drug-likeness (QED) is 0.687. The summed E-state index contributed by atoms with van der Waals surface area (Å²) < 4.78 is 5.28. The van der Waals surface area contributed by atoms with Gasteiger partial charge in [0.1, 0.15) is 5.58 Å². The van der Waals surface area contributed by atoms with Crippen molar-refractivity contribution >= 4 is 11.0 Å². The summed E-state index contributed by atoms with van der Waals surface area (Å²) in [6.07, 6.45) is 0. The van der Waals surface area contributed by atoms with Crippen molar-refractivity contribution in [1.82, 2.24) is 4.90 Å². The summed E-state index contributed by atoms with van der Waals surface area (Å²) in [6, 6.07) is 17.8. The highest BCUT2D eigenvalue weighted by atomic mass is 16.4. The zero-order valence-corrected chi connectivity index (χ0v) is 12.9. The molecule has 0 aliphatic rings. The molecule has 3 heteroatoms. The molecule has 0 unspecified atom stereocenters. The summed E-state index contributed by atoms with van der Waals surface area (Å²) in [6.45, 7) is 3.59. The molecule has 3 aromatic rings. The molecule has 1 aromatic heterocycles. The summed E-state index contributed by atoms with van der Waals surface area (Å²) in [5, 5.41) is 1.01. The van der Waals surface area contributed by atoms with Crippen LogP contribution < -0.4 is 5.63 Å². The van der Waals surface area contributed by atoms with Gasteiger partial charge in [-0.25, -0.2) is 4.79 Å². The van der Waals surface area contributed by atoms with Crippen molar-refractivity contribution in [2.45, 2.75) is 20.0 Å². The highest BCUT2D eigenvalue weighted by molar-refractivity contribution is 5.80. The maximum Gasteiger partial charge on any atom is 0.336 e. The van der Waals surface area contributed by atoms with Crippen LogP contribution in [-0.2, 0) is 13.1 Å².